The number of carbonyl (C=O) groups is 1. The standard InChI is InChI=1S/C16H20N4O3/c1-11-18-14(16(21)17-8-9-22-2)10-15(19-11)20-12-4-6-13(23-3)7-5-12/h4-7,10H,8-9H2,1-3H3,(H,17,21)(H,18,19,20). The number of aromatic nitrogens is 2. The molecule has 0 radical (unpaired) electrons. The van der Waals surface area contributed by atoms with Crippen LogP contribution in [-0.2, 0) is 4.74 Å². The fourth-order valence-electron chi connectivity index (χ4n) is 1.93. The summed E-state index contributed by atoms with van der Waals surface area (Å²) >= 11 is 0. The predicted octanol–water partition coefficient (Wildman–Crippen LogP) is 1.91. The van der Waals surface area contributed by atoms with Crippen LogP contribution in [0.3, 0.4) is 0 Å². The van der Waals surface area contributed by atoms with Crippen molar-refractivity contribution in [3.8, 4) is 5.75 Å². The van der Waals surface area contributed by atoms with Gasteiger partial charge in [-0.1, -0.05) is 0 Å². The van der Waals surface area contributed by atoms with Gasteiger partial charge >= 0.3 is 0 Å². The van der Waals surface area contributed by atoms with Gasteiger partial charge in [0, 0.05) is 25.4 Å². The molecule has 2 rings (SSSR count). The minimum Gasteiger partial charge on any atom is -0.497 e. The number of benzene rings is 1. The third-order valence-corrected chi connectivity index (χ3v) is 3.02. The third kappa shape index (κ3) is 4.93. The molecule has 1 aromatic heterocycles. The molecule has 0 saturated carbocycles. The van der Waals surface area contributed by atoms with E-state index in [4.69, 9.17) is 9.47 Å². The van der Waals surface area contributed by atoms with E-state index in [0.717, 1.165) is 11.4 Å². The maximum absolute atomic E-state index is 12.1. The number of anilines is 2. The molecule has 0 aliphatic carbocycles. The van der Waals surface area contributed by atoms with E-state index in [2.05, 4.69) is 20.6 Å². The summed E-state index contributed by atoms with van der Waals surface area (Å²) in [6.45, 7) is 2.62. The Morgan fingerprint density at radius 2 is 1.91 bits per heavy atom. The maximum Gasteiger partial charge on any atom is 0.270 e. The number of rotatable bonds is 7. The Bertz CT molecular complexity index is 659. The second-order valence-electron chi connectivity index (χ2n) is 4.79. The summed E-state index contributed by atoms with van der Waals surface area (Å²) in [6.07, 6.45) is 0. The van der Waals surface area contributed by atoms with Crippen LogP contribution in [0.5, 0.6) is 5.75 Å². The molecule has 2 aromatic rings. The lowest BCUT2D eigenvalue weighted by molar-refractivity contribution is 0.0932. The van der Waals surface area contributed by atoms with Gasteiger partial charge in [-0.3, -0.25) is 4.79 Å². The largest absolute Gasteiger partial charge is 0.497 e. The van der Waals surface area contributed by atoms with E-state index in [0.29, 0.717) is 30.5 Å². The van der Waals surface area contributed by atoms with Crippen LogP contribution in [0.1, 0.15) is 16.3 Å². The molecule has 122 valence electrons. The van der Waals surface area contributed by atoms with Crippen LogP contribution in [0.4, 0.5) is 11.5 Å². The first kappa shape index (κ1) is 16.7. The summed E-state index contributed by atoms with van der Waals surface area (Å²) in [4.78, 5) is 20.5. The maximum atomic E-state index is 12.1. The Morgan fingerprint density at radius 1 is 1.17 bits per heavy atom. The zero-order valence-corrected chi connectivity index (χ0v) is 13.4. The molecule has 0 unspecified atom stereocenters. The minimum absolute atomic E-state index is 0.259. The molecular weight excluding hydrogens is 296 g/mol. The molecule has 1 amide bonds. The molecule has 1 aromatic carbocycles. The quantitative estimate of drug-likeness (QED) is 0.759. The summed E-state index contributed by atoms with van der Waals surface area (Å²) in [7, 11) is 3.20. The van der Waals surface area contributed by atoms with Crippen molar-refractivity contribution in [2.75, 3.05) is 32.7 Å². The van der Waals surface area contributed by atoms with Gasteiger partial charge in [0.2, 0.25) is 0 Å². The van der Waals surface area contributed by atoms with E-state index in [-0.39, 0.29) is 5.91 Å². The highest BCUT2D eigenvalue weighted by atomic mass is 16.5. The molecule has 1 heterocycles. The van der Waals surface area contributed by atoms with Crippen molar-refractivity contribution in [2.24, 2.45) is 0 Å². The van der Waals surface area contributed by atoms with Crippen molar-refractivity contribution in [1.29, 1.82) is 0 Å². The highest BCUT2D eigenvalue weighted by Gasteiger charge is 2.10. The average Bonchev–Trinajstić information content (AvgIpc) is 2.55. The van der Waals surface area contributed by atoms with Crippen LogP contribution < -0.4 is 15.4 Å². The number of ether oxygens (including phenoxy) is 2. The normalized spacial score (nSPS) is 10.2. The van der Waals surface area contributed by atoms with E-state index >= 15 is 0 Å². The van der Waals surface area contributed by atoms with Crippen LogP contribution in [0, 0.1) is 6.92 Å². The Kier molecular flexibility index (Phi) is 5.87. The van der Waals surface area contributed by atoms with Gasteiger partial charge in [-0.15, -0.1) is 0 Å². The zero-order chi connectivity index (χ0) is 16.7. The van der Waals surface area contributed by atoms with Gasteiger partial charge in [0.25, 0.3) is 5.91 Å². The average molecular weight is 316 g/mol. The number of amides is 1. The molecule has 23 heavy (non-hydrogen) atoms. The SMILES string of the molecule is COCCNC(=O)c1cc(Nc2ccc(OC)cc2)nc(C)n1. The van der Waals surface area contributed by atoms with E-state index in [1.165, 1.54) is 0 Å². The smallest absolute Gasteiger partial charge is 0.270 e. The highest BCUT2D eigenvalue weighted by Crippen LogP contribution is 2.19. The third-order valence-electron chi connectivity index (χ3n) is 3.02. The minimum atomic E-state index is -0.259. The summed E-state index contributed by atoms with van der Waals surface area (Å²) in [5, 5.41) is 5.88. The van der Waals surface area contributed by atoms with Gasteiger partial charge < -0.3 is 20.1 Å². The first-order valence-corrected chi connectivity index (χ1v) is 7.16. The van der Waals surface area contributed by atoms with Crippen molar-refractivity contribution < 1.29 is 14.3 Å². The molecule has 0 spiro atoms. The number of methoxy groups -OCH3 is 2. The molecule has 0 saturated heterocycles. The van der Waals surface area contributed by atoms with Gasteiger partial charge in [-0.2, -0.15) is 0 Å². The van der Waals surface area contributed by atoms with Crippen molar-refractivity contribution >= 4 is 17.4 Å². The van der Waals surface area contributed by atoms with Gasteiger partial charge in [0.1, 0.15) is 23.1 Å². The van der Waals surface area contributed by atoms with E-state index in [1.54, 1.807) is 27.2 Å². The van der Waals surface area contributed by atoms with Crippen molar-refractivity contribution in [2.45, 2.75) is 6.92 Å². The monoisotopic (exact) mass is 316 g/mol. The first-order chi connectivity index (χ1) is 11.1. The summed E-state index contributed by atoms with van der Waals surface area (Å²) < 4.78 is 10.0. The van der Waals surface area contributed by atoms with Crippen LogP contribution >= 0.6 is 0 Å². The number of aryl methyl sites for hydroxylation is 1. The Labute approximate surface area is 135 Å². The van der Waals surface area contributed by atoms with E-state index in [9.17, 15) is 4.79 Å². The van der Waals surface area contributed by atoms with Gasteiger partial charge in [-0.05, 0) is 31.2 Å². The lowest BCUT2D eigenvalue weighted by Gasteiger charge is -2.09. The molecule has 0 atom stereocenters. The summed E-state index contributed by atoms with van der Waals surface area (Å²) in [5.41, 5.74) is 1.15. The molecule has 7 heteroatoms. The highest BCUT2D eigenvalue weighted by molar-refractivity contribution is 5.93. The van der Waals surface area contributed by atoms with Crippen LogP contribution in [0.15, 0.2) is 30.3 Å². The molecule has 7 nitrogen and oxygen atoms in total. The lowest BCUT2D eigenvalue weighted by atomic mass is 10.3. The fraction of sp³-hybridized carbons (Fsp3) is 0.312. The number of hydrogen-bond acceptors (Lipinski definition) is 6. The van der Waals surface area contributed by atoms with Crippen LogP contribution in [0.2, 0.25) is 0 Å². The van der Waals surface area contributed by atoms with Crippen molar-refractivity contribution in [3.63, 3.8) is 0 Å². The van der Waals surface area contributed by atoms with Gasteiger partial charge in [0.15, 0.2) is 0 Å². The van der Waals surface area contributed by atoms with E-state index in [1.807, 2.05) is 24.3 Å². The number of nitrogens with zero attached hydrogens (tertiary/aromatic N) is 2. The zero-order valence-electron chi connectivity index (χ0n) is 13.4. The summed E-state index contributed by atoms with van der Waals surface area (Å²) in [5.74, 6) is 1.58. The van der Waals surface area contributed by atoms with Crippen molar-refractivity contribution in [1.82, 2.24) is 15.3 Å². The molecule has 0 fully saturated rings. The Morgan fingerprint density at radius 3 is 2.57 bits per heavy atom. The van der Waals surface area contributed by atoms with Gasteiger partial charge in [0.05, 0.1) is 13.7 Å². The fourth-order valence-corrected chi connectivity index (χ4v) is 1.93. The molecule has 0 aliphatic heterocycles. The molecule has 0 aliphatic rings. The topological polar surface area (TPSA) is 85.4 Å². The number of nitrogens with one attached hydrogen (secondary N) is 2. The van der Waals surface area contributed by atoms with Gasteiger partial charge in [-0.25, -0.2) is 9.97 Å². The first-order valence-electron chi connectivity index (χ1n) is 7.16. The molecule has 0 bridgehead atoms. The molecular formula is C16H20N4O3. The van der Waals surface area contributed by atoms with Crippen LogP contribution in [0.25, 0.3) is 0 Å². The molecule has 2 N–H and O–H groups in total. The Hall–Kier alpha value is -2.67. The number of carbonyl (C=O) groups excluding carboxylic acids is 1. The van der Waals surface area contributed by atoms with Crippen molar-refractivity contribution in [3.05, 3.63) is 41.9 Å². The second-order valence-corrected chi connectivity index (χ2v) is 4.79. The van der Waals surface area contributed by atoms with Crippen LogP contribution in [-0.4, -0.2) is 43.2 Å². The second kappa shape index (κ2) is 8.09. The Balaban J connectivity index is 2.11. The lowest BCUT2D eigenvalue weighted by Crippen LogP contribution is -2.28. The summed E-state index contributed by atoms with van der Waals surface area (Å²) in [6, 6.07) is 9.03. The van der Waals surface area contributed by atoms with E-state index < -0.39 is 0 Å². The predicted molar refractivity (Wildman–Crippen MR) is 87.3 cm³/mol. The number of hydrogen-bond donors (Lipinski definition) is 2.